The zero-order valence-electron chi connectivity index (χ0n) is 43.3. The van der Waals surface area contributed by atoms with Gasteiger partial charge in [-0.05, 0) is 74.3 Å². The number of fused-ring (bicyclic) bond motifs is 8. The highest BCUT2D eigenvalue weighted by Gasteiger charge is 2.19. The Bertz CT molecular complexity index is 2340. The molecule has 0 aromatic carbocycles. The second kappa shape index (κ2) is 29.3. The topological polar surface area (TPSA) is 104 Å². The molecule has 69 heavy (non-hydrogen) atoms. The van der Waals surface area contributed by atoms with Gasteiger partial charge in [-0.1, -0.05) is 194 Å². The number of aromatic amines is 3. The summed E-state index contributed by atoms with van der Waals surface area (Å²) in [5, 5.41) is 0. The third-order valence-electron chi connectivity index (χ3n) is 14.8. The van der Waals surface area contributed by atoms with Gasteiger partial charge in [-0.3, -0.25) is 0 Å². The lowest BCUT2D eigenvalue weighted by molar-refractivity contribution is 0.532. The van der Waals surface area contributed by atoms with Crippen LogP contribution in [0.5, 0.6) is 0 Å². The average molecular weight is 933 g/mol. The summed E-state index contributed by atoms with van der Waals surface area (Å²) in [5.41, 5.74) is 14.6. The minimum Gasteiger partial charge on any atom is -0.355 e. The maximum Gasteiger partial charge on any atom is 0.0951 e. The van der Waals surface area contributed by atoms with Crippen molar-refractivity contribution in [3.8, 4) is 22.5 Å². The molecule has 5 aromatic rings. The maximum atomic E-state index is 5.43. The fourth-order valence-electron chi connectivity index (χ4n) is 10.7. The van der Waals surface area contributed by atoms with E-state index in [4.69, 9.17) is 15.0 Å². The zero-order valence-corrected chi connectivity index (χ0v) is 43.3. The summed E-state index contributed by atoms with van der Waals surface area (Å²) >= 11 is 0. The van der Waals surface area contributed by atoms with Crippen LogP contribution in [0.15, 0.2) is 49.3 Å². The van der Waals surface area contributed by atoms with E-state index in [-0.39, 0.29) is 0 Å². The van der Waals surface area contributed by atoms with Crippen LogP contribution in [-0.4, -0.2) is 39.5 Å². The van der Waals surface area contributed by atoms with E-state index in [1.54, 1.807) is 6.33 Å². The van der Waals surface area contributed by atoms with Crippen LogP contribution >= 0.6 is 0 Å². The van der Waals surface area contributed by atoms with Crippen molar-refractivity contribution >= 4 is 46.4 Å². The van der Waals surface area contributed by atoms with Crippen LogP contribution in [0.3, 0.4) is 0 Å². The van der Waals surface area contributed by atoms with E-state index >= 15 is 0 Å². The molecule has 0 atom stereocenters. The smallest absolute Gasteiger partial charge is 0.0951 e. The van der Waals surface area contributed by atoms with Crippen LogP contribution in [0, 0.1) is 0 Å². The van der Waals surface area contributed by atoms with Gasteiger partial charge in [0.1, 0.15) is 0 Å². The van der Waals surface area contributed by atoms with Gasteiger partial charge >= 0.3 is 0 Å². The van der Waals surface area contributed by atoms with Crippen molar-refractivity contribution in [2.75, 3.05) is 0 Å². The summed E-state index contributed by atoms with van der Waals surface area (Å²) < 4.78 is 2.04. The zero-order chi connectivity index (χ0) is 47.7. The Balaban J connectivity index is 1.08. The fraction of sp³-hybridized carbons (Fsp3) is 0.574. The summed E-state index contributed by atoms with van der Waals surface area (Å²) in [5.74, 6) is 0. The number of imidazole rings is 2. The van der Waals surface area contributed by atoms with Gasteiger partial charge < -0.3 is 19.5 Å². The Hall–Kier alpha value is -4.98. The number of hydrogen-bond acceptors (Lipinski definition) is 4. The number of nitrogens with zero attached hydrogens (tertiary/aromatic N) is 5. The third kappa shape index (κ3) is 16.0. The summed E-state index contributed by atoms with van der Waals surface area (Å²) in [7, 11) is 2.05. The lowest BCUT2D eigenvalue weighted by atomic mass is 10.0. The molecule has 0 aliphatic carbocycles. The Morgan fingerprint density at radius 2 is 0.812 bits per heavy atom. The van der Waals surface area contributed by atoms with Gasteiger partial charge in [-0.25, -0.2) is 19.9 Å². The number of aryl methyl sites for hydroxylation is 3. The summed E-state index contributed by atoms with van der Waals surface area (Å²) in [4.78, 5) is 31.5. The minimum absolute atomic E-state index is 0.915. The van der Waals surface area contributed by atoms with Crippen molar-refractivity contribution < 1.29 is 0 Å². The highest BCUT2D eigenvalue weighted by molar-refractivity contribution is 5.94. The number of aromatic nitrogens is 8. The first kappa shape index (κ1) is 51.9. The first-order valence-electron chi connectivity index (χ1n) is 28.2. The van der Waals surface area contributed by atoms with Crippen LogP contribution in [0.1, 0.15) is 240 Å². The standard InChI is InChI=1S/C61H88N8/c1-4-6-8-10-12-14-16-18-20-22-24-26-28-30-32-34-48-50-36-40-54(65-50)60(58-44-62-46-63-58)55-41-37-51(66-55)49(35-33-31-29-27-25-23-21-19-17-15-13-11-9-7-5-2)53-39-43-57(68-53)61(56-42-38-52(48)67-56)59-45-69(3)47-64-59/h36-47,67-68H,4-35H2,1-3H3,(H,62,63). The Kier molecular flexibility index (Phi) is 22.0. The van der Waals surface area contributed by atoms with Crippen molar-refractivity contribution in [1.29, 1.82) is 0 Å². The van der Waals surface area contributed by atoms with E-state index in [1.807, 2.05) is 24.1 Å². The molecule has 0 saturated heterocycles. The summed E-state index contributed by atoms with van der Waals surface area (Å²) in [6.45, 7) is 4.60. The van der Waals surface area contributed by atoms with Crippen molar-refractivity contribution in [2.24, 2.45) is 7.05 Å². The second-order valence-electron chi connectivity index (χ2n) is 20.5. The SMILES string of the molecule is CCCCCCCCCCCCCCCCCc1c2nc(c(-c3cnc[nH]3)c3nc(c(CCCCCCCCCCCCCCCCC)c4ccc([nH]4)c(-c4cn(C)cn4)c4ccc1[nH]4)C=C3)C=C2. The Morgan fingerprint density at radius 1 is 0.435 bits per heavy atom. The monoisotopic (exact) mass is 933 g/mol. The average Bonchev–Trinajstić information content (AvgIpc) is 4.23. The van der Waals surface area contributed by atoms with Crippen LogP contribution in [0.2, 0.25) is 0 Å². The van der Waals surface area contributed by atoms with Gasteiger partial charge in [0.05, 0.1) is 69.6 Å². The van der Waals surface area contributed by atoms with Crippen LogP contribution in [-0.2, 0) is 19.9 Å². The molecule has 8 nitrogen and oxygen atoms in total. The molecule has 0 amide bonds. The molecule has 2 aliphatic rings. The number of nitrogens with one attached hydrogen (secondary N) is 3. The number of H-pyrrole nitrogens is 3. The molecule has 7 heterocycles. The molecule has 0 saturated carbocycles. The van der Waals surface area contributed by atoms with Gasteiger partial charge in [0.25, 0.3) is 0 Å². The molecule has 0 fully saturated rings. The molecule has 8 bridgehead atoms. The molecule has 0 spiro atoms. The third-order valence-corrected chi connectivity index (χ3v) is 14.8. The highest BCUT2D eigenvalue weighted by Crippen LogP contribution is 2.34. The molecule has 7 rings (SSSR count). The maximum absolute atomic E-state index is 5.43. The molecule has 0 unspecified atom stereocenters. The van der Waals surface area contributed by atoms with E-state index in [1.165, 1.54) is 191 Å². The van der Waals surface area contributed by atoms with Crippen LogP contribution in [0.4, 0.5) is 0 Å². The van der Waals surface area contributed by atoms with E-state index in [0.29, 0.717) is 0 Å². The lowest BCUT2D eigenvalue weighted by Gasteiger charge is -2.06. The molecular weight excluding hydrogens is 845 g/mol. The largest absolute Gasteiger partial charge is 0.355 e. The van der Waals surface area contributed by atoms with E-state index in [2.05, 4.69) is 88.5 Å². The highest BCUT2D eigenvalue weighted by atomic mass is 15.0. The molecule has 5 aromatic heterocycles. The first-order chi connectivity index (χ1) is 34.1. The normalized spacial score (nSPS) is 12.3. The van der Waals surface area contributed by atoms with Gasteiger partial charge in [0.2, 0.25) is 0 Å². The van der Waals surface area contributed by atoms with Gasteiger partial charge in [0.15, 0.2) is 0 Å². The molecule has 0 radical (unpaired) electrons. The predicted molar refractivity (Wildman–Crippen MR) is 296 cm³/mol. The predicted octanol–water partition coefficient (Wildman–Crippen LogP) is 18.3. The Morgan fingerprint density at radius 3 is 1.17 bits per heavy atom. The van der Waals surface area contributed by atoms with Crippen molar-refractivity contribution in [1.82, 2.24) is 39.5 Å². The van der Waals surface area contributed by atoms with Crippen molar-refractivity contribution in [3.63, 3.8) is 0 Å². The van der Waals surface area contributed by atoms with E-state index in [9.17, 15) is 0 Å². The van der Waals surface area contributed by atoms with E-state index < -0.39 is 0 Å². The molecular formula is C61H88N8. The van der Waals surface area contributed by atoms with Crippen molar-refractivity contribution in [3.05, 3.63) is 83.2 Å². The molecule has 2 aliphatic heterocycles. The lowest BCUT2D eigenvalue weighted by Crippen LogP contribution is -1.94. The van der Waals surface area contributed by atoms with Gasteiger partial charge in [-0.2, -0.15) is 0 Å². The molecule has 3 N–H and O–H groups in total. The number of rotatable bonds is 34. The Labute approximate surface area is 416 Å². The summed E-state index contributed by atoms with van der Waals surface area (Å²) in [6.07, 6.45) is 59.1. The van der Waals surface area contributed by atoms with Gasteiger partial charge in [-0.15, -0.1) is 0 Å². The van der Waals surface area contributed by atoms with Crippen LogP contribution in [0.25, 0.3) is 68.9 Å². The van der Waals surface area contributed by atoms with Crippen LogP contribution < -0.4 is 0 Å². The number of hydrogen-bond donors (Lipinski definition) is 3. The van der Waals surface area contributed by atoms with E-state index in [0.717, 1.165) is 93.0 Å². The first-order valence-corrected chi connectivity index (χ1v) is 28.2. The van der Waals surface area contributed by atoms with Crippen molar-refractivity contribution in [2.45, 2.75) is 219 Å². The molecule has 8 heteroatoms. The fourth-order valence-corrected chi connectivity index (χ4v) is 10.7. The van der Waals surface area contributed by atoms with Gasteiger partial charge in [0, 0.05) is 41.0 Å². The second-order valence-corrected chi connectivity index (χ2v) is 20.5. The summed E-state index contributed by atoms with van der Waals surface area (Å²) in [6, 6.07) is 8.99. The minimum atomic E-state index is 0.915. The quantitative estimate of drug-likeness (QED) is 0.0350. The number of unbranched alkanes of at least 4 members (excludes halogenated alkanes) is 28. The molecule has 372 valence electrons.